The van der Waals surface area contributed by atoms with Gasteiger partial charge in [-0.05, 0) is 12.5 Å². The molecule has 1 rings (SSSR count). The van der Waals surface area contributed by atoms with Gasteiger partial charge in [0.2, 0.25) is 0 Å². The third kappa shape index (κ3) is 3.22. The predicted octanol–water partition coefficient (Wildman–Crippen LogP) is 3.18. The van der Waals surface area contributed by atoms with Crippen LogP contribution in [0.15, 0.2) is 18.2 Å². The van der Waals surface area contributed by atoms with E-state index in [2.05, 4.69) is 0 Å². The molecule has 0 fully saturated rings. The molecule has 1 aromatic rings. The van der Waals surface area contributed by atoms with Gasteiger partial charge < -0.3 is 9.47 Å². The number of hydrogen-bond donors (Lipinski definition) is 0. The molecule has 0 N–H and O–H groups in total. The van der Waals surface area contributed by atoms with Crippen molar-refractivity contribution in [3.8, 4) is 11.5 Å². The summed E-state index contributed by atoms with van der Waals surface area (Å²) in [5.74, 6) is 1.56. The molecule has 0 saturated heterocycles. The van der Waals surface area contributed by atoms with Gasteiger partial charge >= 0.3 is 0 Å². The Morgan fingerprint density at radius 1 is 1.29 bits per heavy atom. The normalized spacial score (nSPS) is 12.0. The Morgan fingerprint density at radius 2 is 2.00 bits per heavy atom. The Balaban J connectivity index is 3.00. The van der Waals surface area contributed by atoms with Crippen LogP contribution in [0.3, 0.4) is 0 Å². The minimum Gasteiger partial charge on any atom is -0.497 e. The van der Waals surface area contributed by atoms with Crippen molar-refractivity contribution in [2.75, 3.05) is 14.2 Å². The molecule has 0 aliphatic rings. The zero-order valence-electron chi connectivity index (χ0n) is 10.9. The van der Waals surface area contributed by atoms with E-state index in [1.165, 1.54) is 0 Å². The average molecular weight is 236 g/mol. The first-order valence-electron chi connectivity index (χ1n) is 5.88. The Morgan fingerprint density at radius 3 is 2.53 bits per heavy atom. The van der Waals surface area contributed by atoms with Gasteiger partial charge in [0.15, 0.2) is 0 Å². The highest BCUT2D eigenvalue weighted by atomic mass is 16.5. The lowest BCUT2D eigenvalue weighted by atomic mass is 9.93. The van der Waals surface area contributed by atoms with Gasteiger partial charge in [0, 0.05) is 24.0 Å². The molecular weight excluding hydrogens is 216 g/mol. The van der Waals surface area contributed by atoms with Crippen LogP contribution < -0.4 is 9.47 Å². The van der Waals surface area contributed by atoms with Crippen molar-refractivity contribution in [2.45, 2.75) is 32.6 Å². The predicted molar refractivity (Wildman–Crippen MR) is 67.9 cm³/mol. The molecule has 0 aliphatic heterocycles. The molecule has 0 bridgehead atoms. The number of ether oxygens (including phenoxy) is 2. The van der Waals surface area contributed by atoms with Gasteiger partial charge in [-0.2, -0.15) is 0 Å². The fraction of sp³-hybridized carbons (Fsp3) is 0.500. The number of carbonyl (C=O) groups is 1. The van der Waals surface area contributed by atoms with E-state index in [4.69, 9.17) is 9.47 Å². The maximum absolute atomic E-state index is 11.9. The van der Waals surface area contributed by atoms with Gasteiger partial charge in [-0.1, -0.05) is 19.9 Å². The second-order valence-corrected chi connectivity index (χ2v) is 4.05. The van der Waals surface area contributed by atoms with E-state index in [1.807, 2.05) is 32.0 Å². The van der Waals surface area contributed by atoms with Gasteiger partial charge in [-0.15, -0.1) is 0 Å². The van der Waals surface area contributed by atoms with Gasteiger partial charge in [0.25, 0.3) is 0 Å². The highest BCUT2D eigenvalue weighted by Crippen LogP contribution is 2.31. The third-order valence-corrected chi connectivity index (χ3v) is 2.89. The second kappa shape index (κ2) is 6.28. The number of benzene rings is 1. The summed E-state index contributed by atoms with van der Waals surface area (Å²) in [6, 6.07) is 5.56. The number of Topliss-reactive ketones (excluding diaryl/α,β-unsaturated/α-hetero) is 1. The molecule has 1 aromatic carbocycles. The summed E-state index contributed by atoms with van der Waals surface area (Å²) in [5.41, 5.74) is 0.923. The fourth-order valence-electron chi connectivity index (χ4n) is 1.81. The fourth-order valence-corrected chi connectivity index (χ4v) is 1.81. The highest BCUT2D eigenvalue weighted by molar-refractivity contribution is 5.86. The molecule has 0 aliphatic carbocycles. The molecule has 17 heavy (non-hydrogen) atoms. The first-order chi connectivity index (χ1) is 8.13. The van der Waals surface area contributed by atoms with Crippen LogP contribution in [0.4, 0.5) is 0 Å². The molecule has 3 heteroatoms. The lowest BCUT2D eigenvalue weighted by Gasteiger charge is -2.15. The number of carbonyl (C=O) groups excluding carboxylic acids is 1. The number of hydrogen-bond acceptors (Lipinski definition) is 3. The van der Waals surface area contributed by atoms with Gasteiger partial charge in [-0.3, -0.25) is 4.79 Å². The molecular formula is C14H20O3. The van der Waals surface area contributed by atoms with E-state index >= 15 is 0 Å². The lowest BCUT2D eigenvalue weighted by molar-refractivity contribution is -0.120. The van der Waals surface area contributed by atoms with E-state index < -0.39 is 0 Å². The van der Waals surface area contributed by atoms with Crippen LogP contribution in [0.5, 0.6) is 11.5 Å². The average Bonchev–Trinajstić information content (AvgIpc) is 2.37. The first-order valence-corrected chi connectivity index (χ1v) is 5.88. The maximum atomic E-state index is 11.9. The minimum absolute atomic E-state index is 0.129. The Bertz CT molecular complexity index is 385. The molecule has 94 valence electrons. The molecule has 1 unspecified atom stereocenters. The van der Waals surface area contributed by atoms with Crippen molar-refractivity contribution in [1.29, 1.82) is 0 Å². The van der Waals surface area contributed by atoms with Crippen molar-refractivity contribution in [2.24, 2.45) is 0 Å². The molecule has 0 saturated carbocycles. The summed E-state index contributed by atoms with van der Waals surface area (Å²) in [6.45, 7) is 3.93. The summed E-state index contributed by atoms with van der Waals surface area (Å²) >= 11 is 0. The van der Waals surface area contributed by atoms with Crippen LogP contribution in [0.25, 0.3) is 0 Å². The van der Waals surface area contributed by atoms with Crippen molar-refractivity contribution >= 4 is 5.78 Å². The van der Waals surface area contributed by atoms with Crippen LogP contribution in [-0.4, -0.2) is 20.0 Å². The van der Waals surface area contributed by atoms with Crippen molar-refractivity contribution < 1.29 is 14.3 Å². The Hall–Kier alpha value is -1.51. The Kier molecular flexibility index (Phi) is 5.01. The quantitative estimate of drug-likeness (QED) is 0.761. The van der Waals surface area contributed by atoms with Crippen molar-refractivity contribution in [3.05, 3.63) is 23.8 Å². The van der Waals surface area contributed by atoms with E-state index in [0.29, 0.717) is 12.2 Å². The molecule has 0 aromatic heterocycles. The highest BCUT2D eigenvalue weighted by Gasteiger charge is 2.18. The van der Waals surface area contributed by atoms with Crippen LogP contribution in [0.2, 0.25) is 0 Å². The maximum Gasteiger partial charge on any atom is 0.140 e. The molecule has 0 heterocycles. The molecule has 1 atom stereocenters. The number of ketones is 1. The van der Waals surface area contributed by atoms with E-state index in [1.54, 1.807) is 14.2 Å². The summed E-state index contributed by atoms with van der Waals surface area (Å²) in [5, 5.41) is 0. The summed E-state index contributed by atoms with van der Waals surface area (Å²) in [4.78, 5) is 11.9. The van der Waals surface area contributed by atoms with E-state index in [-0.39, 0.29) is 11.7 Å². The zero-order valence-corrected chi connectivity index (χ0v) is 10.9. The standard InChI is InChI=1S/C14H20O3/c1-5-6-13(15)10(2)12-8-7-11(16-3)9-14(12)17-4/h7-10H,5-6H2,1-4H3. The van der Waals surface area contributed by atoms with Gasteiger partial charge in [-0.25, -0.2) is 0 Å². The summed E-state index contributed by atoms with van der Waals surface area (Å²) < 4.78 is 10.4. The summed E-state index contributed by atoms with van der Waals surface area (Å²) in [6.07, 6.45) is 1.48. The molecule has 3 nitrogen and oxygen atoms in total. The monoisotopic (exact) mass is 236 g/mol. The topological polar surface area (TPSA) is 35.5 Å². The summed E-state index contributed by atoms with van der Waals surface area (Å²) in [7, 11) is 3.22. The van der Waals surface area contributed by atoms with Crippen LogP contribution in [0, 0.1) is 0 Å². The number of rotatable bonds is 6. The van der Waals surface area contributed by atoms with Crippen LogP contribution in [0.1, 0.15) is 38.2 Å². The smallest absolute Gasteiger partial charge is 0.140 e. The Labute approximate surface area is 103 Å². The number of methoxy groups -OCH3 is 2. The zero-order chi connectivity index (χ0) is 12.8. The molecule has 0 radical (unpaired) electrons. The SMILES string of the molecule is CCCC(=O)C(C)c1ccc(OC)cc1OC. The molecule has 0 spiro atoms. The van der Waals surface area contributed by atoms with Crippen LogP contribution >= 0.6 is 0 Å². The van der Waals surface area contributed by atoms with Crippen LogP contribution in [-0.2, 0) is 4.79 Å². The van der Waals surface area contributed by atoms with Gasteiger partial charge in [0.1, 0.15) is 17.3 Å². The van der Waals surface area contributed by atoms with Crippen molar-refractivity contribution in [3.63, 3.8) is 0 Å². The first kappa shape index (κ1) is 13.6. The lowest BCUT2D eigenvalue weighted by Crippen LogP contribution is -2.09. The minimum atomic E-state index is -0.129. The van der Waals surface area contributed by atoms with E-state index in [0.717, 1.165) is 17.7 Å². The molecule has 0 amide bonds. The van der Waals surface area contributed by atoms with Gasteiger partial charge in [0.05, 0.1) is 14.2 Å². The largest absolute Gasteiger partial charge is 0.497 e. The third-order valence-electron chi connectivity index (χ3n) is 2.89. The van der Waals surface area contributed by atoms with E-state index in [9.17, 15) is 4.79 Å². The van der Waals surface area contributed by atoms with Crippen molar-refractivity contribution in [1.82, 2.24) is 0 Å². The second-order valence-electron chi connectivity index (χ2n) is 4.05.